The molecule has 0 saturated heterocycles. The van der Waals surface area contributed by atoms with E-state index in [0.717, 1.165) is 22.0 Å². The standard InChI is InChI=1S/C25H21Cl2N3O3/c1-30-22(17-6-2-8-21-16(17)7-4-11-28-21)14-18(23(31)25(30)33)24(32)29-12-3-5-15-9-10-19(26)20(27)13-15/h2,4,6-11,13-14,31H,3,5,12H2,1H3,(H,29,32). The van der Waals surface area contributed by atoms with E-state index >= 15 is 0 Å². The Labute approximate surface area is 200 Å². The van der Waals surface area contributed by atoms with Crippen molar-refractivity contribution in [3.63, 3.8) is 0 Å². The zero-order valence-electron chi connectivity index (χ0n) is 17.8. The zero-order valence-corrected chi connectivity index (χ0v) is 19.3. The van der Waals surface area contributed by atoms with E-state index in [0.29, 0.717) is 35.1 Å². The van der Waals surface area contributed by atoms with Crippen LogP contribution in [-0.4, -0.2) is 27.1 Å². The monoisotopic (exact) mass is 481 g/mol. The van der Waals surface area contributed by atoms with Gasteiger partial charge in [0.15, 0.2) is 5.75 Å². The number of halogens is 2. The number of pyridine rings is 2. The number of nitrogens with one attached hydrogen (secondary N) is 1. The molecule has 168 valence electrons. The summed E-state index contributed by atoms with van der Waals surface area (Å²) in [5, 5.41) is 15.0. The number of hydrogen-bond acceptors (Lipinski definition) is 4. The van der Waals surface area contributed by atoms with Crippen LogP contribution in [0, 0.1) is 0 Å². The normalized spacial score (nSPS) is 11.0. The lowest BCUT2D eigenvalue weighted by Crippen LogP contribution is -2.28. The molecule has 2 aromatic heterocycles. The summed E-state index contributed by atoms with van der Waals surface area (Å²) in [5.41, 5.74) is 2.31. The molecular weight excluding hydrogens is 461 g/mol. The predicted molar refractivity (Wildman–Crippen MR) is 131 cm³/mol. The molecular formula is C25H21Cl2N3O3. The highest BCUT2D eigenvalue weighted by Gasteiger charge is 2.19. The molecule has 0 bridgehead atoms. The lowest BCUT2D eigenvalue weighted by molar-refractivity contribution is 0.0950. The summed E-state index contributed by atoms with van der Waals surface area (Å²) in [4.78, 5) is 29.9. The second-order valence-corrected chi connectivity index (χ2v) is 8.45. The second-order valence-electron chi connectivity index (χ2n) is 7.64. The van der Waals surface area contributed by atoms with Gasteiger partial charge in [-0.25, -0.2) is 0 Å². The fraction of sp³-hybridized carbons (Fsp3) is 0.160. The number of rotatable bonds is 6. The van der Waals surface area contributed by atoms with Crippen LogP contribution in [0.3, 0.4) is 0 Å². The first kappa shape index (κ1) is 22.8. The molecule has 0 saturated carbocycles. The van der Waals surface area contributed by atoms with Crippen molar-refractivity contribution < 1.29 is 9.90 Å². The fourth-order valence-electron chi connectivity index (χ4n) is 3.73. The SMILES string of the molecule is Cn1c(-c2cccc3ncccc23)cc(C(=O)NCCCc2ccc(Cl)c(Cl)c2)c(O)c1=O. The van der Waals surface area contributed by atoms with Gasteiger partial charge in [-0.3, -0.25) is 14.6 Å². The molecule has 8 heteroatoms. The Morgan fingerprint density at radius 3 is 2.70 bits per heavy atom. The summed E-state index contributed by atoms with van der Waals surface area (Å²) in [5.74, 6) is -1.10. The molecule has 0 radical (unpaired) electrons. The molecule has 0 fully saturated rings. The Bertz CT molecular complexity index is 1410. The highest BCUT2D eigenvalue weighted by molar-refractivity contribution is 6.42. The summed E-state index contributed by atoms with van der Waals surface area (Å²) in [6.07, 6.45) is 3.03. The zero-order chi connectivity index (χ0) is 23.5. The van der Waals surface area contributed by atoms with Gasteiger partial charge in [-0.1, -0.05) is 47.5 Å². The number of fused-ring (bicyclic) bond motifs is 1. The molecule has 2 aromatic carbocycles. The number of aromatic nitrogens is 2. The van der Waals surface area contributed by atoms with Crippen LogP contribution in [0.5, 0.6) is 5.75 Å². The Kier molecular flexibility index (Phi) is 6.67. The maximum absolute atomic E-state index is 12.8. The van der Waals surface area contributed by atoms with E-state index in [1.165, 1.54) is 10.6 Å². The lowest BCUT2D eigenvalue weighted by Gasteiger charge is -2.14. The molecule has 4 aromatic rings. The van der Waals surface area contributed by atoms with Crippen LogP contribution < -0.4 is 10.9 Å². The van der Waals surface area contributed by atoms with Crippen molar-refractivity contribution in [2.75, 3.05) is 6.54 Å². The molecule has 4 rings (SSSR count). The molecule has 0 aliphatic carbocycles. The van der Waals surface area contributed by atoms with E-state index < -0.39 is 17.2 Å². The Morgan fingerprint density at radius 2 is 1.91 bits per heavy atom. The number of hydrogen-bond donors (Lipinski definition) is 2. The van der Waals surface area contributed by atoms with E-state index in [9.17, 15) is 14.7 Å². The van der Waals surface area contributed by atoms with Crippen LogP contribution in [0.15, 0.2) is 65.6 Å². The van der Waals surface area contributed by atoms with Crippen molar-refractivity contribution in [2.45, 2.75) is 12.8 Å². The third-order valence-electron chi connectivity index (χ3n) is 5.48. The Balaban J connectivity index is 1.56. The van der Waals surface area contributed by atoms with Gasteiger partial charge in [0.1, 0.15) is 0 Å². The third-order valence-corrected chi connectivity index (χ3v) is 6.22. The quantitative estimate of drug-likeness (QED) is 0.380. The number of carbonyl (C=O) groups excluding carboxylic acids is 1. The molecule has 6 nitrogen and oxygen atoms in total. The van der Waals surface area contributed by atoms with Gasteiger partial charge < -0.3 is 15.0 Å². The van der Waals surface area contributed by atoms with Gasteiger partial charge in [0.05, 0.1) is 26.8 Å². The highest BCUT2D eigenvalue weighted by atomic mass is 35.5. The van der Waals surface area contributed by atoms with Crippen molar-refractivity contribution >= 4 is 40.0 Å². The number of carbonyl (C=O) groups is 1. The first-order valence-electron chi connectivity index (χ1n) is 10.4. The predicted octanol–water partition coefficient (Wildman–Crippen LogP) is 4.98. The summed E-state index contributed by atoms with van der Waals surface area (Å²) in [6.45, 7) is 0.362. The van der Waals surface area contributed by atoms with Crippen molar-refractivity contribution in [2.24, 2.45) is 7.05 Å². The van der Waals surface area contributed by atoms with Crippen LogP contribution in [0.25, 0.3) is 22.2 Å². The topological polar surface area (TPSA) is 84.2 Å². The fourth-order valence-corrected chi connectivity index (χ4v) is 4.05. The summed E-state index contributed by atoms with van der Waals surface area (Å²) in [7, 11) is 1.56. The van der Waals surface area contributed by atoms with Crippen molar-refractivity contribution in [3.8, 4) is 17.0 Å². The van der Waals surface area contributed by atoms with E-state index in [2.05, 4.69) is 10.3 Å². The molecule has 0 atom stereocenters. The lowest BCUT2D eigenvalue weighted by atomic mass is 10.0. The number of aryl methyl sites for hydroxylation is 1. The van der Waals surface area contributed by atoms with E-state index in [1.54, 1.807) is 25.4 Å². The molecule has 33 heavy (non-hydrogen) atoms. The van der Waals surface area contributed by atoms with Gasteiger partial charge in [-0.2, -0.15) is 0 Å². The summed E-state index contributed by atoms with van der Waals surface area (Å²) < 4.78 is 1.33. The van der Waals surface area contributed by atoms with Crippen LogP contribution in [0.2, 0.25) is 10.0 Å². The van der Waals surface area contributed by atoms with Crippen molar-refractivity contribution in [3.05, 3.63) is 92.3 Å². The van der Waals surface area contributed by atoms with Gasteiger partial charge in [0.25, 0.3) is 11.5 Å². The average molecular weight is 482 g/mol. The van der Waals surface area contributed by atoms with Crippen LogP contribution >= 0.6 is 23.2 Å². The summed E-state index contributed by atoms with van der Waals surface area (Å²) >= 11 is 12.0. The second kappa shape index (κ2) is 9.65. The number of aromatic hydroxyl groups is 1. The largest absolute Gasteiger partial charge is 0.502 e. The minimum atomic E-state index is -0.644. The Morgan fingerprint density at radius 1 is 1.09 bits per heavy atom. The molecule has 0 aliphatic heterocycles. The van der Waals surface area contributed by atoms with Crippen molar-refractivity contribution in [1.82, 2.24) is 14.9 Å². The molecule has 2 heterocycles. The minimum Gasteiger partial charge on any atom is -0.502 e. The van der Waals surface area contributed by atoms with Crippen LogP contribution in [0.1, 0.15) is 22.3 Å². The van der Waals surface area contributed by atoms with Gasteiger partial charge in [0.2, 0.25) is 0 Å². The van der Waals surface area contributed by atoms with Crippen LogP contribution in [0.4, 0.5) is 0 Å². The first-order chi connectivity index (χ1) is 15.9. The van der Waals surface area contributed by atoms with Gasteiger partial charge in [-0.15, -0.1) is 0 Å². The van der Waals surface area contributed by atoms with Crippen LogP contribution in [-0.2, 0) is 13.5 Å². The molecule has 0 aliphatic rings. The van der Waals surface area contributed by atoms with Gasteiger partial charge >= 0.3 is 0 Å². The molecule has 0 spiro atoms. The Hall–Kier alpha value is -3.35. The average Bonchev–Trinajstić information content (AvgIpc) is 2.82. The maximum Gasteiger partial charge on any atom is 0.293 e. The highest BCUT2D eigenvalue weighted by Crippen LogP contribution is 2.29. The van der Waals surface area contributed by atoms with E-state index in [1.807, 2.05) is 36.4 Å². The molecule has 2 N–H and O–H groups in total. The first-order valence-corrected chi connectivity index (χ1v) is 11.1. The molecule has 1 amide bonds. The third kappa shape index (κ3) is 4.72. The molecule has 0 unspecified atom stereocenters. The van der Waals surface area contributed by atoms with Gasteiger partial charge in [0, 0.05) is 30.7 Å². The van der Waals surface area contributed by atoms with Gasteiger partial charge in [-0.05, 0) is 48.7 Å². The maximum atomic E-state index is 12.8. The summed E-state index contributed by atoms with van der Waals surface area (Å²) in [6, 6.07) is 16.2. The van der Waals surface area contributed by atoms with E-state index in [4.69, 9.17) is 23.2 Å². The number of amides is 1. The number of benzene rings is 2. The van der Waals surface area contributed by atoms with Crippen molar-refractivity contribution in [1.29, 1.82) is 0 Å². The smallest absolute Gasteiger partial charge is 0.293 e. The minimum absolute atomic E-state index is 0.0662. The number of nitrogens with zero attached hydrogens (tertiary/aromatic N) is 2. The van der Waals surface area contributed by atoms with E-state index in [-0.39, 0.29) is 5.56 Å².